The van der Waals surface area contributed by atoms with Gasteiger partial charge in [0.25, 0.3) is 0 Å². The van der Waals surface area contributed by atoms with Gasteiger partial charge in [-0.2, -0.15) is 0 Å². The Bertz CT molecular complexity index is 496. The largest absolute Gasteiger partial charge is 0.300 e. The second-order valence-corrected chi connectivity index (χ2v) is 9.01. The average molecular weight is 288 g/mol. The topological polar surface area (TPSA) is 34.1 Å². The Hall–Kier alpha value is -0.660. The van der Waals surface area contributed by atoms with E-state index in [1.165, 1.54) is 25.7 Å². The quantitative estimate of drug-likeness (QED) is 0.670. The van der Waals surface area contributed by atoms with Gasteiger partial charge < -0.3 is 0 Å². The molecule has 4 fully saturated rings. The van der Waals surface area contributed by atoms with Crippen LogP contribution >= 0.6 is 0 Å². The molecule has 0 N–H and O–H groups in total. The summed E-state index contributed by atoms with van der Waals surface area (Å²) in [5.41, 5.74) is 0.676. The SMILES string of the molecule is CC12CCC3C(CCC4CC(=O)CCC43C)C1CC(=O)C2. The fraction of sp³-hybridized carbons (Fsp3) is 0.895. The first-order valence-electron chi connectivity index (χ1n) is 8.96. The Morgan fingerprint density at radius 3 is 2.52 bits per heavy atom. The van der Waals surface area contributed by atoms with Gasteiger partial charge in [0.1, 0.15) is 11.6 Å². The van der Waals surface area contributed by atoms with E-state index in [4.69, 9.17) is 0 Å². The molecule has 6 atom stereocenters. The highest BCUT2D eigenvalue weighted by molar-refractivity contribution is 5.82. The van der Waals surface area contributed by atoms with Crippen LogP contribution in [0.5, 0.6) is 0 Å². The van der Waals surface area contributed by atoms with Crippen molar-refractivity contribution in [2.24, 2.45) is 34.5 Å². The highest BCUT2D eigenvalue weighted by Crippen LogP contribution is 2.65. The number of Topliss-reactive ketones (excluding diaryl/α,β-unsaturated/α-hetero) is 2. The number of hydrogen-bond donors (Lipinski definition) is 0. The zero-order valence-electron chi connectivity index (χ0n) is 13.5. The summed E-state index contributed by atoms with van der Waals surface area (Å²) in [6.07, 6.45) is 9.45. The van der Waals surface area contributed by atoms with E-state index in [-0.39, 0.29) is 0 Å². The molecular weight excluding hydrogens is 260 g/mol. The second-order valence-electron chi connectivity index (χ2n) is 9.01. The van der Waals surface area contributed by atoms with Gasteiger partial charge in [-0.1, -0.05) is 13.8 Å². The van der Waals surface area contributed by atoms with Crippen LogP contribution in [0.4, 0.5) is 0 Å². The average Bonchev–Trinajstić information content (AvgIpc) is 2.74. The minimum atomic E-state index is 0.298. The summed E-state index contributed by atoms with van der Waals surface area (Å²) < 4.78 is 0. The number of hydrogen-bond acceptors (Lipinski definition) is 2. The molecule has 4 saturated carbocycles. The van der Waals surface area contributed by atoms with Crippen molar-refractivity contribution >= 4 is 11.6 Å². The van der Waals surface area contributed by atoms with Crippen LogP contribution in [0.25, 0.3) is 0 Å². The van der Waals surface area contributed by atoms with Crippen molar-refractivity contribution in [3.05, 3.63) is 0 Å². The van der Waals surface area contributed by atoms with Gasteiger partial charge in [0.2, 0.25) is 0 Å². The molecule has 21 heavy (non-hydrogen) atoms. The summed E-state index contributed by atoms with van der Waals surface area (Å²) >= 11 is 0. The monoisotopic (exact) mass is 288 g/mol. The Labute approximate surface area is 128 Å². The number of ketones is 2. The van der Waals surface area contributed by atoms with Crippen LogP contribution in [0.2, 0.25) is 0 Å². The summed E-state index contributed by atoms with van der Waals surface area (Å²) in [6, 6.07) is 0. The van der Waals surface area contributed by atoms with Crippen LogP contribution in [-0.2, 0) is 9.59 Å². The molecule has 0 radical (unpaired) electrons. The standard InChI is InChI=1S/C19H28O2/c1-18-7-6-16-15(17(18)10-14(21)11-18)4-3-12-9-13(20)5-8-19(12,16)2/h12,15-17H,3-11H2,1-2H3. The minimum Gasteiger partial charge on any atom is -0.300 e. The molecule has 116 valence electrons. The first-order chi connectivity index (χ1) is 9.92. The first kappa shape index (κ1) is 14.0. The molecule has 0 aliphatic heterocycles. The van der Waals surface area contributed by atoms with Crippen LogP contribution < -0.4 is 0 Å². The fourth-order valence-electron chi connectivity index (χ4n) is 6.82. The highest BCUT2D eigenvalue weighted by Gasteiger charge is 2.59. The normalized spacial score (nSPS) is 53.0. The van der Waals surface area contributed by atoms with Crippen molar-refractivity contribution < 1.29 is 9.59 Å². The lowest BCUT2D eigenvalue weighted by molar-refractivity contribution is -0.137. The van der Waals surface area contributed by atoms with E-state index in [2.05, 4.69) is 13.8 Å². The third kappa shape index (κ3) is 1.90. The lowest BCUT2D eigenvalue weighted by Gasteiger charge is -2.59. The van der Waals surface area contributed by atoms with Crippen LogP contribution in [0.15, 0.2) is 0 Å². The van der Waals surface area contributed by atoms with Gasteiger partial charge in [-0.3, -0.25) is 9.59 Å². The zero-order chi connectivity index (χ0) is 14.8. The third-order valence-electron chi connectivity index (χ3n) is 8.05. The van der Waals surface area contributed by atoms with Crippen molar-refractivity contribution in [2.45, 2.75) is 71.6 Å². The summed E-state index contributed by atoms with van der Waals surface area (Å²) in [5.74, 6) is 3.79. The summed E-state index contributed by atoms with van der Waals surface area (Å²) in [7, 11) is 0. The summed E-state index contributed by atoms with van der Waals surface area (Å²) in [5, 5.41) is 0. The smallest absolute Gasteiger partial charge is 0.133 e. The molecular formula is C19H28O2. The van der Waals surface area contributed by atoms with Gasteiger partial charge in [-0.25, -0.2) is 0 Å². The lowest BCUT2D eigenvalue weighted by atomic mass is 9.45. The van der Waals surface area contributed by atoms with Gasteiger partial charge in [0, 0.05) is 25.7 Å². The molecule has 0 saturated heterocycles. The molecule has 0 aromatic carbocycles. The molecule has 0 bridgehead atoms. The molecule has 2 nitrogen and oxygen atoms in total. The predicted molar refractivity (Wildman–Crippen MR) is 81.7 cm³/mol. The van der Waals surface area contributed by atoms with Gasteiger partial charge in [-0.05, 0) is 66.6 Å². The van der Waals surface area contributed by atoms with Crippen molar-refractivity contribution in [3.8, 4) is 0 Å². The van der Waals surface area contributed by atoms with Crippen LogP contribution in [0, 0.1) is 34.5 Å². The molecule has 4 rings (SSSR count). The van der Waals surface area contributed by atoms with Crippen LogP contribution in [0.1, 0.15) is 71.6 Å². The number of rotatable bonds is 0. The van der Waals surface area contributed by atoms with Gasteiger partial charge in [0.15, 0.2) is 0 Å². The van der Waals surface area contributed by atoms with Crippen molar-refractivity contribution in [3.63, 3.8) is 0 Å². The van der Waals surface area contributed by atoms with E-state index in [1.807, 2.05) is 0 Å². The first-order valence-corrected chi connectivity index (χ1v) is 8.96. The Morgan fingerprint density at radius 1 is 0.905 bits per heavy atom. The fourth-order valence-corrected chi connectivity index (χ4v) is 6.82. The molecule has 0 spiro atoms. The van der Waals surface area contributed by atoms with Crippen molar-refractivity contribution in [2.75, 3.05) is 0 Å². The Morgan fingerprint density at radius 2 is 1.71 bits per heavy atom. The van der Waals surface area contributed by atoms with Crippen molar-refractivity contribution in [1.82, 2.24) is 0 Å². The second kappa shape index (κ2) is 4.43. The van der Waals surface area contributed by atoms with E-state index in [0.29, 0.717) is 34.2 Å². The van der Waals surface area contributed by atoms with E-state index >= 15 is 0 Å². The number of carbonyl (C=O) groups excluding carboxylic acids is 2. The summed E-state index contributed by atoms with van der Waals surface area (Å²) in [4.78, 5) is 23.9. The lowest BCUT2D eigenvalue weighted by Crippen LogP contribution is -2.52. The van der Waals surface area contributed by atoms with Crippen molar-refractivity contribution in [1.29, 1.82) is 0 Å². The number of fused-ring (bicyclic) bond motifs is 5. The zero-order valence-corrected chi connectivity index (χ0v) is 13.5. The van der Waals surface area contributed by atoms with E-state index in [0.717, 1.165) is 43.9 Å². The van der Waals surface area contributed by atoms with Gasteiger partial charge in [0.05, 0.1) is 0 Å². The van der Waals surface area contributed by atoms with Crippen LogP contribution in [-0.4, -0.2) is 11.6 Å². The van der Waals surface area contributed by atoms with E-state index in [1.54, 1.807) is 0 Å². The molecule has 4 aliphatic carbocycles. The van der Waals surface area contributed by atoms with Gasteiger partial charge in [-0.15, -0.1) is 0 Å². The van der Waals surface area contributed by atoms with Crippen LogP contribution in [0.3, 0.4) is 0 Å². The molecule has 6 unspecified atom stereocenters. The molecule has 0 aromatic rings. The Kier molecular flexibility index (Phi) is 2.94. The molecule has 0 heterocycles. The van der Waals surface area contributed by atoms with E-state index < -0.39 is 0 Å². The molecule has 0 amide bonds. The minimum absolute atomic E-state index is 0.298. The van der Waals surface area contributed by atoms with Gasteiger partial charge >= 0.3 is 0 Å². The highest BCUT2D eigenvalue weighted by atomic mass is 16.1. The van der Waals surface area contributed by atoms with E-state index in [9.17, 15) is 9.59 Å². The predicted octanol–water partition coefficient (Wildman–Crippen LogP) is 4.17. The molecule has 4 aliphatic rings. The number of carbonyl (C=O) groups is 2. The molecule has 0 aromatic heterocycles. The maximum Gasteiger partial charge on any atom is 0.133 e. The maximum absolute atomic E-state index is 12.1. The molecule has 2 heteroatoms. The maximum atomic E-state index is 12.1. The summed E-state index contributed by atoms with van der Waals surface area (Å²) in [6.45, 7) is 4.85. The third-order valence-corrected chi connectivity index (χ3v) is 8.05. The Balaban J connectivity index is 1.65.